The van der Waals surface area contributed by atoms with Crippen molar-refractivity contribution in [2.75, 3.05) is 0 Å². The predicted octanol–water partition coefficient (Wildman–Crippen LogP) is 4.38. The molecule has 104 valence electrons. The van der Waals surface area contributed by atoms with E-state index in [2.05, 4.69) is 58.0 Å². The summed E-state index contributed by atoms with van der Waals surface area (Å²) in [6.45, 7) is 18.3. The lowest BCUT2D eigenvalue weighted by Gasteiger charge is -2.46. The van der Waals surface area contributed by atoms with E-state index in [9.17, 15) is 0 Å². The van der Waals surface area contributed by atoms with Crippen LogP contribution in [0, 0.1) is 30.1 Å². The fourth-order valence-electron chi connectivity index (χ4n) is 1.50. The lowest BCUT2D eigenvalue weighted by Crippen LogP contribution is -2.54. The molecule has 0 fully saturated rings. The lowest BCUT2D eigenvalue weighted by molar-refractivity contribution is 0.0786. The van der Waals surface area contributed by atoms with E-state index in [4.69, 9.17) is 17.3 Å². The number of hydrogen-bond acceptors (Lipinski definition) is 1. The third-order valence-electron chi connectivity index (χ3n) is 3.99. The van der Waals surface area contributed by atoms with Crippen molar-refractivity contribution >= 4 is 8.32 Å². The molecule has 0 N–H and O–H groups in total. The Morgan fingerprint density at radius 1 is 1.05 bits per heavy atom. The highest BCUT2D eigenvalue weighted by atomic mass is 28.4. The molecule has 0 aromatic heterocycles. The lowest BCUT2D eigenvalue weighted by atomic mass is 9.76. The van der Waals surface area contributed by atoms with E-state index in [1.165, 1.54) is 0 Å². The standard InChI is InChI=1S/C17H26OSi/c1-11-14-16(7,8)17(12-2,13-3)18-19(9,10)15(4,5)6/h2-3,14H,1H2,4-10H3. The Labute approximate surface area is 120 Å². The highest BCUT2D eigenvalue weighted by Gasteiger charge is 2.50. The molecular formula is C17H26OSi. The van der Waals surface area contributed by atoms with Crippen LogP contribution in [0.15, 0.2) is 18.4 Å². The Balaban J connectivity index is 5.83. The molecule has 0 heterocycles. The topological polar surface area (TPSA) is 9.23 Å². The Bertz CT molecular complexity index is 443. The van der Waals surface area contributed by atoms with Crippen LogP contribution in [0.1, 0.15) is 34.6 Å². The summed E-state index contributed by atoms with van der Waals surface area (Å²) >= 11 is 0. The van der Waals surface area contributed by atoms with Gasteiger partial charge in [-0.25, -0.2) is 0 Å². The fraction of sp³-hybridized carbons (Fsp3) is 0.588. The van der Waals surface area contributed by atoms with E-state index in [1.807, 2.05) is 13.8 Å². The molecule has 0 unspecified atom stereocenters. The molecule has 0 aromatic rings. The fourth-order valence-corrected chi connectivity index (χ4v) is 2.95. The van der Waals surface area contributed by atoms with Crippen LogP contribution >= 0.6 is 0 Å². The Morgan fingerprint density at radius 3 is 1.74 bits per heavy atom. The van der Waals surface area contributed by atoms with E-state index in [0.717, 1.165) is 0 Å². The van der Waals surface area contributed by atoms with E-state index in [0.29, 0.717) is 0 Å². The molecule has 2 heteroatoms. The van der Waals surface area contributed by atoms with Crippen LogP contribution in [-0.4, -0.2) is 13.9 Å². The van der Waals surface area contributed by atoms with Crippen molar-refractivity contribution in [1.82, 2.24) is 0 Å². The zero-order chi connectivity index (χ0) is 15.5. The van der Waals surface area contributed by atoms with E-state index in [-0.39, 0.29) is 5.04 Å². The first-order valence-electron chi connectivity index (χ1n) is 6.42. The molecule has 1 nitrogen and oxygen atoms in total. The van der Waals surface area contributed by atoms with Gasteiger partial charge in [0.1, 0.15) is 0 Å². The first-order chi connectivity index (χ1) is 8.39. The molecular weight excluding hydrogens is 248 g/mol. The van der Waals surface area contributed by atoms with Crippen LogP contribution in [0.3, 0.4) is 0 Å². The smallest absolute Gasteiger partial charge is 0.195 e. The van der Waals surface area contributed by atoms with Crippen molar-refractivity contribution in [3.05, 3.63) is 18.4 Å². The third kappa shape index (κ3) is 3.43. The Morgan fingerprint density at radius 2 is 1.47 bits per heavy atom. The monoisotopic (exact) mass is 274 g/mol. The first-order valence-corrected chi connectivity index (χ1v) is 9.32. The molecule has 0 aliphatic heterocycles. The minimum Gasteiger partial charge on any atom is -0.391 e. The molecule has 0 aliphatic carbocycles. The van der Waals surface area contributed by atoms with Gasteiger partial charge in [0.2, 0.25) is 0 Å². The molecule has 0 saturated carbocycles. The molecule has 19 heavy (non-hydrogen) atoms. The van der Waals surface area contributed by atoms with Gasteiger partial charge in [-0.05, 0) is 24.2 Å². The second kappa shape index (κ2) is 5.44. The summed E-state index contributed by atoms with van der Waals surface area (Å²) in [5.74, 6) is 5.39. The van der Waals surface area contributed by atoms with Crippen molar-refractivity contribution in [3.8, 4) is 24.7 Å². The van der Waals surface area contributed by atoms with Gasteiger partial charge in [0.25, 0.3) is 0 Å². The molecule has 0 aliphatic rings. The van der Waals surface area contributed by atoms with Crippen LogP contribution in [0.5, 0.6) is 0 Å². The van der Waals surface area contributed by atoms with Crippen LogP contribution < -0.4 is 0 Å². The quantitative estimate of drug-likeness (QED) is 0.420. The highest BCUT2D eigenvalue weighted by molar-refractivity contribution is 6.74. The summed E-state index contributed by atoms with van der Waals surface area (Å²) in [4.78, 5) is 0. The summed E-state index contributed by atoms with van der Waals surface area (Å²) in [6, 6.07) is 0. The first kappa shape index (κ1) is 17.8. The van der Waals surface area contributed by atoms with Crippen molar-refractivity contribution in [1.29, 1.82) is 0 Å². The Hall–Kier alpha value is -1.18. The Kier molecular flexibility index (Phi) is 5.10. The average Bonchev–Trinajstić information content (AvgIpc) is 2.23. The molecule has 0 atom stereocenters. The van der Waals surface area contributed by atoms with Gasteiger partial charge >= 0.3 is 0 Å². The predicted molar refractivity (Wildman–Crippen MR) is 86.2 cm³/mol. The number of hydrogen-bond donors (Lipinski definition) is 0. The van der Waals surface area contributed by atoms with Crippen molar-refractivity contribution in [2.45, 2.75) is 58.4 Å². The molecule has 0 bridgehead atoms. The molecule has 0 amide bonds. The third-order valence-corrected chi connectivity index (χ3v) is 8.42. The van der Waals surface area contributed by atoms with Gasteiger partial charge in [-0.1, -0.05) is 53.0 Å². The SMILES string of the molecule is C#CC(C#C)(O[Si](C)(C)C(C)(C)C)C(C)(C)C=C=C. The van der Waals surface area contributed by atoms with Gasteiger partial charge in [-0.3, -0.25) is 0 Å². The van der Waals surface area contributed by atoms with Gasteiger partial charge in [-0.15, -0.1) is 18.6 Å². The molecule has 0 radical (unpaired) electrons. The van der Waals surface area contributed by atoms with Gasteiger partial charge in [0.05, 0.1) is 0 Å². The van der Waals surface area contributed by atoms with Crippen molar-refractivity contribution in [3.63, 3.8) is 0 Å². The van der Waals surface area contributed by atoms with Gasteiger partial charge < -0.3 is 4.43 Å². The summed E-state index contributed by atoms with van der Waals surface area (Å²) in [5.41, 5.74) is 1.19. The van der Waals surface area contributed by atoms with Gasteiger partial charge in [0.15, 0.2) is 13.9 Å². The largest absolute Gasteiger partial charge is 0.391 e. The maximum Gasteiger partial charge on any atom is 0.195 e. The summed E-state index contributed by atoms with van der Waals surface area (Å²) < 4.78 is 6.37. The number of terminal acetylenes is 2. The second-order valence-electron chi connectivity index (χ2n) is 6.90. The summed E-state index contributed by atoms with van der Waals surface area (Å²) in [7, 11) is -2.07. The maximum atomic E-state index is 6.37. The highest BCUT2D eigenvalue weighted by Crippen LogP contribution is 2.44. The average molecular weight is 274 g/mol. The zero-order valence-electron chi connectivity index (χ0n) is 13.3. The van der Waals surface area contributed by atoms with Crippen molar-refractivity contribution in [2.24, 2.45) is 5.41 Å². The summed E-state index contributed by atoms with van der Waals surface area (Å²) in [6.07, 6.45) is 13.2. The van der Waals surface area contributed by atoms with Crippen LogP contribution in [0.25, 0.3) is 0 Å². The van der Waals surface area contributed by atoms with Crippen LogP contribution in [0.2, 0.25) is 18.1 Å². The maximum absolute atomic E-state index is 6.37. The molecule has 0 aromatic carbocycles. The minimum atomic E-state index is -2.07. The van der Waals surface area contributed by atoms with Crippen molar-refractivity contribution < 1.29 is 4.43 Å². The van der Waals surface area contributed by atoms with E-state index < -0.39 is 19.3 Å². The normalized spacial score (nSPS) is 13.1. The van der Waals surface area contributed by atoms with E-state index >= 15 is 0 Å². The molecule has 0 rings (SSSR count). The van der Waals surface area contributed by atoms with Gasteiger partial charge in [0, 0.05) is 5.41 Å². The minimum absolute atomic E-state index is 0.0416. The van der Waals surface area contributed by atoms with E-state index in [1.54, 1.807) is 6.08 Å². The van der Waals surface area contributed by atoms with Crippen LogP contribution in [0.4, 0.5) is 0 Å². The molecule has 0 spiro atoms. The van der Waals surface area contributed by atoms with Crippen LogP contribution in [-0.2, 0) is 4.43 Å². The second-order valence-corrected chi connectivity index (χ2v) is 11.6. The van der Waals surface area contributed by atoms with Gasteiger partial charge in [-0.2, -0.15) is 0 Å². The molecule has 0 saturated heterocycles. The zero-order valence-corrected chi connectivity index (χ0v) is 14.3. The number of rotatable bonds is 4. The summed E-state index contributed by atoms with van der Waals surface area (Å²) in [5, 5.41) is 0.0416.